The molecule has 2 aliphatic rings. The molecule has 3 heterocycles. The van der Waals surface area contributed by atoms with Crippen LogP contribution in [0.15, 0.2) is 16.3 Å². The van der Waals surface area contributed by atoms with Crippen molar-refractivity contribution in [1.29, 1.82) is 0 Å². The van der Waals surface area contributed by atoms with Gasteiger partial charge in [-0.05, 0) is 38.8 Å². The van der Waals surface area contributed by atoms with Crippen LogP contribution in [0, 0.1) is 0 Å². The molecule has 0 radical (unpaired) electrons. The Balaban J connectivity index is 1.75. The lowest BCUT2D eigenvalue weighted by molar-refractivity contribution is -0.151. The summed E-state index contributed by atoms with van der Waals surface area (Å²) in [6, 6.07) is 2.63. The number of hydrogen-bond donors (Lipinski definition) is 1. The first-order chi connectivity index (χ1) is 12.7. The maximum Gasteiger partial charge on any atom is 0.325 e. The van der Waals surface area contributed by atoms with Gasteiger partial charge in [-0.3, -0.25) is 14.9 Å². The fourth-order valence-corrected chi connectivity index (χ4v) is 6.71. The summed E-state index contributed by atoms with van der Waals surface area (Å²) in [5.41, 5.74) is -0.734. The van der Waals surface area contributed by atoms with Crippen LogP contribution in [0.1, 0.15) is 26.7 Å². The van der Waals surface area contributed by atoms with Crippen LogP contribution in [0.3, 0.4) is 0 Å². The predicted molar refractivity (Wildman–Crippen MR) is 101 cm³/mol. The molecule has 1 aromatic rings. The molecule has 0 saturated carbocycles. The van der Waals surface area contributed by atoms with Gasteiger partial charge in [-0.2, -0.15) is 4.31 Å². The van der Waals surface area contributed by atoms with Crippen LogP contribution in [-0.2, 0) is 24.3 Å². The van der Waals surface area contributed by atoms with Crippen LogP contribution in [0.4, 0.5) is 0 Å². The normalized spacial score (nSPS) is 23.1. The number of amides is 1. The van der Waals surface area contributed by atoms with Crippen LogP contribution < -0.4 is 5.32 Å². The van der Waals surface area contributed by atoms with Gasteiger partial charge in [0, 0.05) is 13.1 Å². The fourth-order valence-electron chi connectivity index (χ4n) is 3.63. The molecule has 8 nitrogen and oxygen atoms in total. The molecule has 1 atom stereocenters. The van der Waals surface area contributed by atoms with Crippen molar-refractivity contribution in [2.24, 2.45) is 0 Å². The quantitative estimate of drug-likeness (QED) is 0.699. The van der Waals surface area contributed by atoms with Gasteiger partial charge in [-0.15, -0.1) is 11.3 Å². The molecule has 0 aromatic carbocycles. The number of carbonyl (C=O) groups excluding carboxylic acids is 2. The standard InChI is InChI=1S/C16H22ClN3O5S2/c1-3-25-13(21)10-20-15(22)11(2)18-16(20)6-8-19(9-7-16)27(23,24)14-5-4-12(17)26-14/h4-5,11,18H,3,6-10H2,1-2H3. The number of halogens is 1. The molecule has 1 aromatic heterocycles. The Hall–Kier alpha value is -1.20. The summed E-state index contributed by atoms with van der Waals surface area (Å²) in [5.74, 6) is -0.645. The molecule has 1 amide bonds. The summed E-state index contributed by atoms with van der Waals surface area (Å²) < 4.78 is 32.6. The Morgan fingerprint density at radius 3 is 2.63 bits per heavy atom. The maximum atomic E-state index is 12.8. The Bertz CT molecular complexity index is 833. The van der Waals surface area contributed by atoms with Crippen LogP contribution >= 0.6 is 22.9 Å². The van der Waals surface area contributed by atoms with Crippen molar-refractivity contribution >= 4 is 44.8 Å². The van der Waals surface area contributed by atoms with E-state index >= 15 is 0 Å². The van der Waals surface area contributed by atoms with E-state index in [0.717, 1.165) is 11.3 Å². The van der Waals surface area contributed by atoms with Gasteiger partial charge in [0.25, 0.3) is 10.0 Å². The maximum absolute atomic E-state index is 12.8. The molecular formula is C16H22ClN3O5S2. The van der Waals surface area contributed by atoms with Crippen LogP contribution in [-0.4, -0.2) is 67.4 Å². The summed E-state index contributed by atoms with van der Waals surface area (Å²) >= 11 is 6.89. The third-order valence-corrected chi connectivity index (χ3v) is 8.52. The molecule has 2 saturated heterocycles. The molecule has 0 aliphatic carbocycles. The zero-order valence-electron chi connectivity index (χ0n) is 15.1. The van der Waals surface area contributed by atoms with E-state index < -0.39 is 27.7 Å². The largest absolute Gasteiger partial charge is 0.465 e. The number of thiophene rings is 1. The van der Waals surface area contributed by atoms with E-state index in [0.29, 0.717) is 17.2 Å². The summed E-state index contributed by atoms with van der Waals surface area (Å²) in [4.78, 5) is 26.0. The van der Waals surface area contributed by atoms with Crippen LogP contribution in [0.2, 0.25) is 4.34 Å². The predicted octanol–water partition coefficient (Wildman–Crippen LogP) is 1.27. The molecular weight excluding hydrogens is 414 g/mol. The molecule has 0 bridgehead atoms. The Kier molecular flexibility index (Phi) is 5.83. The number of sulfonamides is 1. The second-order valence-corrected chi connectivity index (χ2v) is 10.5. The van der Waals surface area contributed by atoms with Gasteiger partial charge in [0.1, 0.15) is 10.8 Å². The molecule has 1 N–H and O–H groups in total. The van der Waals surface area contributed by atoms with Gasteiger partial charge in [0.2, 0.25) is 5.91 Å². The Labute approximate surface area is 167 Å². The first-order valence-electron chi connectivity index (χ1n) is 8.70. The lowest BCUT2D eigenvalue weighted by atomic mass is 9.97. The monoisotopic (exact) mass is 435 g/mol. The first-order valence-corrected chi connectivity index (χ1v) is 11.3. The van der Waals surface area contributed by atoms with E-state index in [1.165, 1.54) is 15.3 Å². The van der Waals surface area contributed by atoms with Crippen molar-refractivity contribution < 1.29 is 22.7 Å². The van der Waals surface area contributed by atoms with Crippen LogP contribution in [0.5, 0.6) is 0 Å². The van der Waals surface area contributed by atoms with E-state index in [9.17, 15) is 18.0 Å². The number of hydrogen-bond acceptors (Lipinski definition) is 7. The molecule has 2 fully saturated rings. The highest BCUT2D eigenvalue weighted by atomic mass is 35.5. The van der Waals surface area contributed by atoms with Crippen LogP contribution in [0.25, 0.3) is 0 Å². The van der Waals surface area contributed by atoms with Crippen molar-refractivity contribution in [2.75, 3.05) is 26.2 Å². The zero-order chi connectivity index (χ0) is 19.8. The van der Waals surface area contributed by atoms with Crippen molar-refractivity contribution in [3.05, 3.63) is 16.5 Å². The minimum absolute atomic E-state index is 0.142. The minimum Gasteiger partial charge on any atom is -0.465 e. The van der Waals surface area contributed by atoms with Gasteiger partial charge < -0.3 is 9.64 Å². The smallest absolute Gasteiger partial charge is 0.325 e. The van der Waals surface area contributed by atoms with Gasteiger partial charge in [0.15, 0.2) is 0 Å². The number of piperidine rings is 1. The van der Waals surface area contributed by atoms with Crippen molar-refractivity contribution in [3.8, 4) is 0 Å². The van der Waals surface area contributed by atoms with Crippen molar-refractivity contribution in [3.63, 3.8) is 0 Å². The van der Waals surface area contributed by atoms with Gasteiger partial charge in [0.05, 0.1) is 22.6 Å². The van der Waals surface area contributed by atoms with Gasteiger partial charge in [-0.25, -0.2) is 8.42 Å². The Morgan fingerprint density at radius 1 is 1.41 bits per heavy atom. The first kappa shape index (κ1) is 20.5. The molecule has 3 rings (SSSR count). The SMILES string of the molecule is CCOC(=O)CN1C(=O)C(C)NC12CCN(S(=O)(=O)c1ccc(Cl)s1)CC2. The van der Waals surface area contributed by atoms with E-state index in [4.69, 9.17) is 16.3 Å². The fraction of sp³-hybridized carbons (Fsp3) is 0.625. The summed E-state index contributed by atoms with van der Waals surface area (Å²) in [5, 5.41) is 3.26. The highest BCUT2D eigenvalue weighted by Crippen LogP contribution is 2.35. The molecule has 150 valence electrons. The minimum atomic E-state index is -3.62. The van der Waals surface area contributed by atoms with Gasteiger partial charge >= 0.3 is 5.97 Å². The summed E-state index contributed by atoms with van der Waals surface area (Å²) in [7, 11) is -3.62. The highest BCUT2D eigenvalue weighted by Gasteiger charge is 2.51. The molecule has 1 spiro atoms. The molecule has 1 unspecified atom stereocenters. The van der Waals surface area contributed by atoms with E-state index in [2.05, 4.69) is 5.32 Å². The van der Waals surface area contributed by atoms with Gasteiger partial charge in [-0.1, -0.05) is 11.6 Å². The number of rotatable bonds is 5. The van der Waals surface area contributed by atoms with E-state index in [1.54, 1.807) is 19.9 Å². The highest BCUT2D eigenvalue weighted by molar-refractivity contribution is 7.91. The average molecular weight is 436 g/mol. The summed E-state index contributed by atoms with van der Waals surface area (Å²) in [6.45, 7) is 4.03. The number of esters is 1. The lowest BCUT2D eigenvalue weighted by Crippen LogP contribution is -2.60. The number of carbonyl (C=O) groups is 2. The van der Waals surface area contributed by atoms with E-state index in [1.807, 2.05) is 0 Å². The Morgan fingerprint density at radius 2 is 2.07 bits per heavy atom. The van der Waals surface area contributed by atoms with Crippen molar-refractivity contribution in [1.82, 2.24) is 14.5 Å². The molecule has 2 aliphatic heterocycles. The van der Waals surface area contributed by atoms with E-state index in [-0.39, 0.29) is 36.4 Å². The number of ether oxygens (including phenoxy) is 1. The number of nitrogens with one attached hydrogen (secondary N) is 1. The molecule has 11 heteroatoms. The second kappa shape index (κ2) is 7.67. The zero-order valence-corrected chi connectivity index (χ0v) is 17.5. The third-order valence-electron chi connectivity index (χ3n) is 4.92. The van der Waals surface area contributed by atoms with Crippen molar-refractivity contribution in [2.45, 2.75) is 42.6 Å². The third kappa shape index (κ3) is 3.86. The molecule has 27 heavy (non-hydrogen) atoms. The second-order valence-electron chi connectivity index (χ2n) is 6.59. The average Bonchev–Trinajstić information content (AvgIpc) is 3.14. The lowest BCUT2D eigenvalue weighted by Gasteiger charge is -2.43. The topological polar surface area (TPSA) is 96.0 Å². The number of nitrogens with zero attached hydrogens (tertiary/aromatic N) is 2. The summed E-state index contributed by atoms with van der Waals surface area (Å²) in [6.07, 6.45) is 0.779.